The summed E-state index contributed by atoms with van der Waals surface area (Å²) in [6.45, 7) is 4.85. The molecule has 6 nitrogen and oxygen atoms in total. The van der Waals surface area contributed by atoms with Crippen LogP contribution in [0.2, 0.25) is 0 Å². The molecule has 0 saturated heterocycles. The van der Waals surface area contributed by atoms with Crippen molar-refractivity contribution in [1.82, 2.24) is 10.6 Å². The van der Waals surface area contributed by atoms with E-state index in [1.807, 2.05) is 37.3 Å². The lowest BCUT2D eigenvalue weighted by molar-refractivity contribution is 0.0277. The molecule has 1 aromatic rings. The van der Waals surface area contributed by atoms with Crippen molar-refractivity contribution < 1.29 is 13.2 Å². The fourth-order valence-corrected chi connectivity index (χ4v) is 4.89. The average Bonchev–Trinajstić information content (AvgIpc) is 2.72. The highest BCUT2D eigenvalue weighted by Gasteiger charge is 2.13. The molecule has 1 aromatic carbocycles. The lowest BCUT2D eigenvalue weighted by atomic mass is 9.98. The van der Waals surface area contributed by atoms with Gasteiger partial charge in [0.05, 0.1) is 17.6 Å². The third-order valence-corrected chi connectivity index (χ3v) is 6.66. The molecule has 0 unspecified atom stereocenters. The number of sulfone groups is 1. The number of guanidine groups is 1. The third-order valence-electron chi connectivity index (χ3n) is 4.98. The molecule has 0 amide bonds. The van der Waals surface area contributed by atoms with Gasteiger partial charge in [-0.25, -0.2) is 8.42 Å². The van der Waals surface area contributed by atoms with Gasteiger partial charge in [-0.1, -0.05) is 49.6 Å². The van der Waals surface area contributed by atoms with Crippen molar-refractivity contribution in [2.24, 2.45) is 4.99 Å². The number of halogens is 1. The minimum Gasteiger partial charge on any atom is -0.378 e. The number of ether oxygens (including phenoxy) is 1. The van der Waals surface area contributed by atoms with Gasteiger partial charge >= 0.3 is 0 Å². The Morgan fingerprint density at radius 3 is 2.53 bits per heavy atom. The van der Waals surface area contributed by atoms with Crippen LogP contribution in [0.1, 0.15) is 57.4 Å². The van der Waals surface area contributed by atoms with E-state index in [9.17, 15) is 8.42 Å². The van der Waals surface area contributed by atoms with Crippen molar-refractivity contribution in [3.63, 3.8) is 0 Å². The van der Waals surface area contributed by atoms with Crippen molar-refractivity contribution in [3.8, 4) is 0 Å². The smallest absolute Gasteiger partial charge is 0.191 e. The Hall–Kier alpha value is -0.870. The summed E-state index contributed by atoms with van der Waals surface area (Å²) in [4.78, 5) is 4.50. The average molecular weight is 552 g/mol. The van der Waals surface area contributed by atoms with E-state index in [4.69, 9.17) is 4.74 Å². The molecular weight excluding hydrogens is 513 g/mol. The predicted octanol–water partition coefficient (Wildman–Crippen LogP) is 3.90. The van der Waals surface area contributed by atoms with Crippen LogP contribution in [0.3, 0.4) is 0 Å². The van der Waals surface area contributed by atoms with Gasteiger partial charge in [0.15, 0.2) is 15.8 Å². The van der Waals surface area contributed by atoms with Gasteiger partial charge < -0.3 is 15.4 Å². The largest absolute Gasteiger partial charge is 0.378 e. The number of benzene rings is 1. The van der Waals surface area contributed by atoms with E-state index in [-0.39, 0.29) is 35.5 Å². The minimum absolute atomic E-state index is 0. The third kappa shape index (κ3) is 12.1. The molecule has 1 aliphatic carbocycles. The molecule has 1 aliphatic rings. The van der Waals surface area contributed by atoms with E-state index >= 15 is 0 Å². The summed E-state index contributed by atoms with van der Waals surface area (Å²) in [6, 6.07) is 9.32. The molecule has 8 heteroatoms. The monoisotopic (exact) mass is 551 g/mol. The van der Waals surface area contributed by atoms with Crippen LogP contribution in [0.5, 0.6) is 0 Å². The topological polar surface area (TPSA) is 79.8 Å². The molecule has 0 bridgehead atoms. The summed E-state index contributed by atoms with van der Waals surface area (Å²) in [7, 11) is -3.11. The first-order valence-electron chi connectivity index (χ1n) is 11.0. The summed E-state index contributed by atoms with van der Waals surface area (Å²) in [5.74, 6) is 0.988. The number of hydrogen-bond donors (Lipinski definition) is 2. The highest BCUT2D eigenvalue weighted by Crippen LogP contribution is 2.20. The summed E-state index contributed by atoms with van der Waals surface area (Å²) in [6.07, 6.45) is 8.24. The number of hydrogen-bond acceptors (Lipinski definition) is 4. The van der Waals surface area contributed by atoms with E-state index in [2.05, 4.69) is 15.6 Å². The molecule has 2 N–H and O–H groups in total. The number of nitrogens with one attached hydrogen (secondary N) is 2. The van der Waals surface area contributed by atoms with Crippen LogP contribution in [0.25, 0.3) is 0 Å². The molecule has 0 aliphatic heterocycles. The van der Waals surface area contributed by atoms with Crippen LogP contribution in [0.15, 0.2) is 35.3 Å². The maximum atomic E-state index is 12.3. The molecular formula is C22H38IN3O3S. The Morgan fingerprint density at radius 2 is 1.83 bits per heavy atom. The van der Waals surface area contributed by atoms with Gasteiger partial charge in [0.1, 0.15) is 0 Å². The van der Waals surface area contributed by atoms with Crippen LogP contribution in [0, 0.1) is 0 Å². The maximum Gasteiger partial charge on any atom is 0.191 e. The highest BCUT2D eigenvalue weighted by atomic mass is 127. The van der Waals surface area contributed by atoms with E-state index in [0.29, 0.717) is 19.1 Å². The second kappa shape index (κ2) is 15.9. The molecule has 1 fully saturated rings. The van der Waals surface area contributed by atoms with Gasteiger partial charge in [0.25, 0.3) is 0 Å². The number of aliphatic imine (C=N–C) groups is 1. The first-order valence-corrected chi connectivity index (χ1v) is 12.8. The number of rotatable bonds is 12. The van der Waals surface area contributed by atoms with Crippen LogP contribution < -0.4 is 10.6 Å². The van der Waals surface area contributed by atoms with Crippen LogP contribution in [-0.4, -0.2) is 52.5 Å². The second-order valence-electron chi connectivity index (χ2n) is 7.60. The van der Waals surface area contributed by atoms with Gasteiger partial charge in [0, 0.05) is 26.2 Å². The first-order chi connectivity index (χ1) is 14.1. The van der Waals surface area contributed by atoms with Gasteiger partial charge in [-0.2, -0.15) is 0 Å². The molecule has 0 aromatic heterocycles. The summed E-state index contributed by atoms with van der Waals surface area (Å²) in [5.41, 5.74) is 0.835. The van der Waals surface area contributed by atoms with Crippen LogP contribution in [-0.2, 0) is 20.3 Å². The van der Waals surface area contributed by atoms with Gasteiger partial charge in [-0.15, -0.1) is 24.0 Å². The Bertz CT molecular complexity index is 693. The Morgan fingerprint density at radius 1 is 1.10 bits per heavy atom. The molecule has 30 heavy (non-hydrogen) atoms. The van der Waals surface area contributed by atoms with Crippen molar-refractivity contribution in [1.29, 1.82) is 0 Å². The van der Waals surface area contributed by atoms with E-state index in [0.717, 1.165) is 37.6 Å². The Kier molecular flexibility index (Phi) is 14.4. The zero-order valence-corrected chi connectivity index (χ0v) is 21.3. The second-order valence-corrected chi connectivity index (χ2v) is 9.79. The zero-order chi connectivity index (χ0) is 20.8. The van der Waals surface area contributed by atoms with Gasteiger partial charge in [-0.3, -0.25) is 4.99 Å². The quantitative estimate of drug-likeness (QED) is 0.178. The van der Waals surface area contributed by atoms with E-state index in [1.165, 1.54) is 32.1 Å². The molecule has 1 saturated carbocycles. The lowest BCUT2D eigenvalue weighted by Gasteiger charge is -2.22. The summed E-state index contributed by atoms with van der Waals surface area (Å²) in [5, 5.41) is 6.51. The predicted molar refractivity (Wildman–Crippen MR) is 135 cm³/mol. The number of nitrogens with zero attached hydrogens (tertiary/aromatic N) is 1. The van der Waals surface area contributed by atoms with Crippen LogP contribution in [0.4, 0.5) is 0 Å². The lowest BCUT2D eigenvalue weighted by Crippen LogP contribution is -2.38. The normalized spacial score (nSPS) is 15.4. The molecule has 0 spiro atoms. The fraction of sp³-hybridized carbons (Fsp3) is 0.682. The van der Waals surface area contributed by atoms with Gasteiger partial charge in [-0.05, 0) is 38.2 Å². The SMILES string of the molecule is CCNC(=NCCCS(=O)(=O)Cc1ccccc1)NCCCOC1CCCCC1.I. The van der Waals surface area contributed by atoms with Crippen molar-refractivity contribution in [3.05, 3.63) is 35.9 Å². The van der Waals surface area contributed by atoms with Crippen LogP contribution >= 0.6 is 24.0 Å². The van der Waals surface area contributed by atoms with Crippen molar-refractivity contribution in [2.75, 3.05) is 32.0 Å². The first kappa shape index (κ1) is 27.2. The minimum atomic E-state index is -3.11. The fourth-order valence-electron chi connectivity index (χ4n) is 3.48. The van der Waals surface area contributed by atoms with E-state index in [1.54, 1.807) is 0 Å². The van der Waals surface area contributed by atoms with Crippen molar-refractivity contribution >= 4 is 39.8 Å². The zero-order valence-electron chi connectivity index (χ0n) is 18.1. The van der Waals surface area contributed by atoms with Gasteiger partial charge in [0.2, 0.25) is 0 Å². The standard InChI is InChI=1S/C22H37N3O3S.HI/c1-2-23-22(24-15-9-17-28-21-13-7-4-8-14-21)25-16-10-18-29(26,27)19-20-11-5-3-6-12-20;/h3,5-6,11-12,21H,2,4,7-10,13-19H2,1H3,(H2,23,24,25);1H. The summed E-state index contributed by atoms with van der Waals surface area (Å²) < 4.78 is 30.4. The van der Waals surface area contributed by atoms with E-state index < -0.39 is 9.84 Å². The summed E-state index contributed by atoms with van der Waals surface area (Å²) >= 11 is 0. The molecule has 0 radical (unpaired) electrons. The Balaban J connectivity index is 0.00000450. The molecule has 172 valence electrons. The Labute approximate surface area is 199 Å². The maximum absolute atomic E-state index is 12.3. The molecule has 2 rings (SSSR count). The highest BCUT2D eigenvalue weighted by molar-refractivity contribution is 14.0. The van der Waals surface area contributed by atoms with Crippen molar-refractivity contribution in [2.45, 2.75) is 63.7 Å². The molecule has 0 heterocycles. The molecule has 0 atom stereocenters.